The molecule has 45 heavy (non-hydrogen) atoms. The van der Waals surface area contributed by atoms with E-state index in [0.717, 1.165) is 35.1 Å². The number of benzene rings is 2. The molecule has 0 bridgehead atoms. The molecule has 3 aromatic rings. The molecule has 1 amide bonds. The molecule has 0 spiro atoms. The molecule has 3 heterocycles. The molecule has 3 atom stereocenters. The van der Waals surface area contributed by atoms with Crippen LogP contribution >= 0.6 is 0 Å². The summed E-state index contributed by atoms with van der Waals surface area (Å²) in [5.74, 6) is -0.0918. The summed E-state index contributed by atoms with van der Waals surface area (Å²) in [4.78, 5) is 43.5. The van der Waals surface area contributed by atoms with Crippen molar-refractivity contribution in [2.24, 2.45) is 0 Å². The number of piperazine rings is 1. The number of methoxy groups -OCH3 is 2. The van der Waals surface area contributed by atoms with E-state index < -0.39 is 29.8 Å². The number of hydrogen-bond acceptors (Lipinski definition) is 10. The van der Waals surface area contributed by atoms with Gasteiger partial charge in [-0.15, -0.1) is 0 Å². The maximum Gasteiger partial charge on any atom is 0.411 e. The van der Waals surface area contributed by atoms with Crippen molar-refractivity contribution in [1.82, 2.24) is 24.5 Å². The van der Waals surface area contributed by atoms with Crippen molar-refractivity contribution in [3.05, 3.63) is 48.7 Å². The van der Waals surface area contributed by atoms with Crippen LogP contribution in [-0.4, -0.2) is 120 Å². The standard InChI is InChI=1S/C33H43N5O7/c1-33(2,3)45-32(41)38-19-24(18-28(38)30(39)42-5)44-23-10-7-9-22(17-23)25-11-8-12-27-26(25)20-37(34-27)16-15-36-14-13-35(4)21-29(36)31(40)43-6/h7-12,17,20,24,28-29H,13-16,18-19,21H2,1-6H3/t24-,28-,29?/m0/s1. The third-order valence-corrected chi connectivity index (χ3v) is 8.19. The molecule has 0 N–H and O–H groups in total. The molecule has 242 valence electrons. The SMILES string of the molecule is COC(=O)C1CN(C)CCN1CCn1cc2c(-c3cccc(O[C@H]4C[C@@H](C(=O)OC)N(C(=O)OC(C)(C)C)C4)c3)cccc2n1. The number of likely N-dealkylation sites (tertiary alicyclic amines) is 1. The van der Waals surface area contributed by atoms with Crippen LogP contribution in [0.5, 0.6) is 5.75 Å². The van der Waals surface area contributed by atoms with Gasteiger partial charge in [0.1, 0.15) is 29.5 Å². The van der Waals surface area contributed by atoms with Crippen LogP contribution in [0.3, 0.4) is 0 Å². The topological polar surface area (TPSA) is 116 Å². The van der Waals surface area contributed by atoms with Gasteiger partial charge in [-0.1, -0.05) is 24.3 Å². The first-order valence-corrected chi connectivity index (χ1v) is 15.3. The van der Waals surface area contributed by atoms with Crippen molar-refractivity contribution >= 4 is 28.9 Å². The van der Waals surface area contributed by atoms with E-state index in [1.807, 2.05) is 60.4 Å². The summed E-state index contributed by atoms with van der Waals surface area (Å²) in [6.45, 7) is 9.17. The second kappa shape index (κ2) is 13.5. The number of nitrogens with zero attached hydrogens (tertiary/aromatic N) is 5. The summed E-state index contributed by atoms with van der Waals surface area (Å²) in [7, 11) is 4.75. The van der Waals surface area contributed by atoms with Crippen LogP contribution in [-0.2, 0) is 30.3 Å². The number of carbonyl (C=O) groups is 3. The number of rotatable bonds is 8. The smallest absolute Gasteiger partial charge is 0.411 e. The molecule has 0 aliphatic carbocycles. The number of hydrogen-bond donors (Lipinski definition) is 0. The molecule has 1 aromatic heterocycles. The number of aromatic nitrogens is 2. The molecule has 5 rings (SSSR count). The molecule has 0 saturated carbocycles. The average molecular weight is 622 g/mol. The van der Waals surface area contributed by atoms with Gasteiger partial charge in [0.2, 0.25) is 0 Å². The molecule has 0 radical (unpaired) electrons. The fraction of sp³-hybridized carbons (Fsp3) is 0.515. The largest absolute Gasteiger partial charge is 0.488 e. The Morgan fingerprint density at radius 2 is 1.67 bits per heavy atom. The number of esters is 2. The number of fused-ring (bicyclic) bond motifs is 1. The summed E-state index contributed by atoms with van der Waals surface area (Å²) in [5.41, 5.74) is 2.13. The summed E-state index contributed by atoms with van der Waals surface area (Å²) in [6.07, 6.45) is 1.34. The van der Waals surface area contributed by atoms with Crippen molar-refractivity contribution in [1.29, 1.82) is 0 Å². The third kappa shape index (κ3) is 7.56. The lowest BCUT2D eigenvalue weighted by atomic mass is 10.0. The van der Waals surface area contributed by atoms with Gasteiger partial charge in [-0.3, -0.25) is 19.3 Å². The van der Waals surface area contributed by atoms with Crippen molar-refractivity contribution in [3.63, 3.8) is 0 Å². The predicted molar refractivity (Wildman–Crippen MR) is 168 cm³/mol. The molecule has 2 aliphatic rings. The molecule has 2 aromatic carbocycles. The van der Waals surface area contributed by atoms with E-state index in [1.54, 1.807) is 20.8 Å². The second-order valence-corrected chi connectivity index (χ2v) is 12.6. The predicted octanol–water partition coefficient (Wildman–Crippen LogP) is 3.42. The highest BCUT2D eigenvalue weighted by Gasteiger charge is 2.43. The van der Waals surface area contributed by atoms with Gasteiger partial charge >= 0.3 is 18.0 Å². The normalized spacial score (nSPS) is 21.1. The molecule has 2 saturated heterocycles. The second-order valence-electron chi connectivity index (χ2n) is 12.6. The first kappa shape index (κ1) is 32.2. The Morgan fingerprint density at radius 3 is 2.40 bits per heavy atom. The van der Waals surface area contributed by atoms with Crippen LogP contribution in [0.25, 0.3) is 22.0 Å². The molecular formula is C33H43N5O7. The Hall–Kier alpha value is -4.16. The third-order valence-electron chi connectivity index (χ3n) is 8.19. The van der Waals surface area contributed by atoms with Crippen molar-refractivity contribution in [3.8, 4) is 16.9 Å². The highest BCUT2D eigenvalue weighted by Crippen LogP contribution is 2.32. The molecule has 12 heteroatoms. The minimum atomic E-state index is -0.786. The van der Waals surface area contributed by atoms with E-state index >= 15 is 0 Å². The number of carbonyl (C=O) groups excluding carboxylic acids is 3. The highest BCUT2D eigenvalue weighted by atomic mass is 16.6. The Balaban J connectivity index is 1.30. The minimum absolute atomic E-state index is 0.200. The summed E-state index contributed by atoms with van der Waals surface area (Å²) in [6, 6.07) is 12.7. The molecular weight excluding hydrogens is 578 g/mol. The lowest BCUT2D eigenvalue weighted by molar-refractivity contribution is -0.149. The van der Waals surface area contributed by atoms with Crippen LogP contribution in [0.1, 0.15) is 27.2 Å². The monoisotopic (exact) mass is 621 g/mol. The van der Waals surface area contributed by atoms with Gasteiger partial charge in [0, 0.05) is 44.2 Å². The Labute approximate surface area is 263 Å². The zero-order valence-electron chi connectivity index (χ0n) is 26.9. The van der Waals surface area contributed by atoms with Gasteiger partial charge in [-0.25, -0.2) is 9.59 Å². The minimum Gasteiger partial charge on any atom is -0.488 e. The highest BCUT2D eigenvalue weighted by molar-refractivity contribution is 5.94. The van der Waals surface area contributed by atoms with Crippen molar-refractivity contribution in [2.45, 2.75) is 57.5 Å². The van der Waals surface area contributed by atoms with Gasteiger partial charge in [0.15, 0.2) is 0 Å². The van der Waals surface area contributed by atoms with Gasteiger partial charge < -0.3 is 23.8 Å². The molecule has 2 aliphatic heterocycles. The lowest BCUT2D eigenvalue weighted by Crippen LogP contribution is -2.56. The van der Waals surface area contributed by atoms with Gasteiger partial charge in [0.25, 0.3) is 0 Å². The fourth-order valence-corrected chi connectivity index (χ4v) is 5.97. The lowest BCUT2D eigenvalue weighted by Gasteiger charge is -2.38. The van der Waals surface area contributed by atoms with Crippen LogP contribution in [0.2, 0.25) is 0 Å². The quantitative estimate of drug-likeness (QED) is 0.274. The molecule has 2 fully saturated rings. The zero-order chi connectivity index (χ0) is 32.3. The maximum atomic E-state index is 12.9. The van der Waals surface area contributed by atoms with E-state index in [1.165, 1.54) is 19.1 Å². The van der Waals surface area contributed by atoms with Gasteiger partial charge in [-0.05, 0) is 57.1 Å². The zero-order valence-corrected chi connectivity index (χ0v) is 26.9. The summed E-state index contributed by atoms with van der Waals surface area (Å²) in [5, 5.41) is 5.82. The van der Waals surface area contributed by atoms with E-state index in [-0.39, 0.29) is 18.6 Å². The van der Waals surface area contributed by atoms with Crippen LogP contribution < -0.4 is 4.74 Å². The van der Waals surface area contributed by atoms with Crippen LogP contribution in [0.15, 0.2) is 48.7 Å². The van der Waals surface area contributed by atoms with E-state index in [9.17, 15) is 14.4 Å². The van der Waals surface area contributed by atoms with Gasteiger partial charge in [-0.2, -0.15) is 5.10 Å². The van der Waals surface area contributed by atoms with E-state index in [0.29, 0.717) is 31.8 Å². The Kier molecular flexibility index (Phi) is 9.64. The summed E-state index contributed by atoms with van der Waals surface area (Å²) >= 11 is 0. The number of likely N-dealkylation sites (N-methyl/N-ethyl adjacent to an activating group) is 1. The first-order valence-electron chi connectivity index (χ1n) is 15.3. The van der Waals surface area contributed by atoms with Crippen LogP contribution in [0.4, 0.5) is 4.79 Å². The van der Waals surface area contributed by atoms with Gasteiger partial charge in [0.05, 0.1) is 32.8 Å². The van der Waals surface area contributed by atoms with E-state index in [2.05, 4.69) is 9.80 Å². The number of amides is 1. The first-order chi connectivity index (χ1) is 21.5. The van der Waals surface area contributed by atoms with Crippen molar-refractivity contribution < 1.29 is 33.3 Å². The van der Waals surface area contributed by atoms with E-state index in [4.69, 9.17) is 24.0 Å². The number of ether oxygens (including phenoxy) is 4. The average Bonchev–Trinajstić information content (AvgIpc) is 3.63. The Morgan fingerprint density at radius 1 is 0.933 bits per heavy atom. The molecule has 12 nitrogen and oxygen atoms in total. The maximum absolute atomic E-state index is 12.9. The fourth-order valence-electron chi connectivity index (χ4n) is 5.97. The Bertz CT molecular complexity index is 1530. The molecule has 1 unspecified atom stereocenters. The van der Waals surface area contributed by atoms with Crippen molar-refractivity contribution in [2.75, 3.05) is 54.0 Å². The summed E-state index contributed by atoms with van der Waals surface area (Å²) < 4.78 is 23.8. The van der Waals surface area contributed by atoms with Crippen LogP contribution in [0, 0.1) is 0 Å².